The van der Waals surface area contributed by atoms with Gasteiger partial charge in [0, 0.05) is 28.3 Å². The topological polar surface area (TPSA) is 88.0 Å². The number of halogens is 1. The molecule has 0 atom stereocenters. The average Bonchev–Trinajstić information content (AvgIpc) is 3.26. The zero-order chi connectivity index (χ0) is 20.5. The molecule has 0 saturated carbocycles. The van der Waals surface area contributed by atoms with E-state index in [0.29, 0.717) is 34.8 Å². The van der Waals surface area contributed by atoms with Gasteiger partial charge in [-0.15, -0.1) is 0 Å². The third-order valence-corrected chi connectivity index (χ3v) is 4.71. The predicted octanol–water partition coefficient (Wildman–Crippen LogP) is 4.75. The molecule has 0 radical (unpaired) electrons. The normalized spacial score (nSPS) is 11.5. The van der Waals surface area contributed by atoms with E-state index in [2.05, 4.69) is 31.4 Å². The van der Waals surface area contributed by atoms with Crippen molar-refractivity contribution in [2.45, 2.75) is 27.7 Å². The highest BCUT2D eigenvalue weighted by Crippen LogP contribution is 2.28. The summed E-state index contributed by atoms with van der Waals surface area (Å²) < 4.78 is 6.21. The third kappa shape index (κ3) is 4.42. The molecule has 0 bridgehead atoms. The number of carbonyl (C=O) groups excluding carboxylic acids is 2. The molecule has 7 heteroatoms. The molecule has 0 unspecified atom stereocenters. The number of aromatic nitrogens is 2. The smallest absolute Gasteiger partial charge is 0.267 e. The van der Waals surface area contributed by atoms with Crippen LogP contribution < -0.4 is 5.32 Å². The van der Waals surface area contributed by atoms with Crippen LogP contribution in [0, 0.1) is 12.3 Å². The number of carbonyl (C=O) groups is 2. The lowest BCUT2D eigenvalue weighted by molar-refractivity contribution is 0.0935. The van der Waals surface area contributed by atoms with Crippen LogP contribution >= 0.6 is 15.9 Å². The minimum Gasteiger partial charge on any atom is -0.360 e. The summed E-state index contributed by atoms with van der Waals surface area (Å²) in [6.45, 7) is 8.35. The number of rotatable bonds is 5. The van der Waals surface area contributed by atoms with Crippen molar-refractivity contribution in [1.82, 2.24) is 15.5 Å². The summed E-state index contributed by atoms with van der Waals surface area (Å²) in [5.41, 5.74) is 2.34. The maximum Gasteiger partial charge on any atom is 0.267 e. The van der Waals surface area contributed by atoms with E-state index in [-0.39, 0.29) is 17.1 Å². The number of hydrogen-bond acceptors (Lipinski definition) is 4. The second-order valence-electron chi connectivity index (χ2n) is 7.84. The van der Waals surface area contributed by atoms with Crippen molar-refractivity contribution in [2.75, 3.05) is 6.54 Å². The number of benzene rings is 1. The number of aromatic amines is 1. The molecule has 1 amide bonds. The van der Waals surface area contributed by atoms with Gasteiger partial charge in [0.2, 0.25) is 0 Å². The minimum atomic E-state index is -0.247. The first kappa shape index (κ1) is 20.1. The molecule has 0 fully saturated rings. The number of ketones is 1. The molecule has 2 N–H and O–H groups in total. The van der Waals surface area contributed by atoms with Crippen LogP contribution in [-0.4, -0.2) is 28.4 Å². The zero-order valence-corrected chi connectivity index (χ0v) is 17.8. The minimum absolute atomic E-state index is 0.0277. The molecular weight excluding hydrogens is 422 g/mol. The largest absolute Gasteiger partial charge is 0.360 e. The van der Waals surface area contributed by atoms with Crippen molar-refractivity contribution in [2.24, 2.45) is 5.41 Å². The first-order chi connectivity index (χ1) is 13.2. The predicted molar refractivity (Wildman–Crippen MR) is 110 cm³/mol. The van der Waals surface area contributed by atoms with Gasteiger partial charge in [-0.3, -0.25) is 9.59 Å². The van der Waals surface area contributed by atoms with E-state index < -0.39 is 0 Å². The van der Waals surface area contributed by atoms with Gasteiger partial charge >= 0.3 is 0 Å². The molecule has 2 aromatic heterocycles. The van der Waals surface area contributed by atoms with E-state index in [9.17, 15) is 9.59 Å². The van der Waals surface area contributed by atoms with Gasteiger partial charge in [0.25, 0.3) is 5.91 Å². The van der Waals surface area contributed by atoms with Gasteiger partial charge < -0.3 is 14.8 Å². The lowest BCUT2D eigenvalue weighted by atomic mass is 9.97. The average molecular weight is 444 g/mol. The summed E-state index contributed by atoms with van der Waals surface area (Å²) in [6.07, 6.45) is 1.53. The second kappa shape index (κ2) is 7.75. The summed E-state index contributed by atoms with van der Waals surface area (Å²) in [5, 5.41) is 6.92. The maximum absolute atomic E-state index is 13.1. The van der Waals surface area contributed by atoms with Crippen molar-refractivity contribution >= 4 is 27.6 Å². The van der Waals surface area contributed by atoms with Gasteiger partial charge in [-0.1, -0.05) is 54.0 Å². The van der Waals surface area contributed by atoms with Crippen LogP contribution in [-0.2, 0) is 0 Å². The summed E-state index contributed by atoms with van der Waals surface area (Å²) in [4.78, 5) is 28.3. The van der Waals surface area contributed by atoms with Crippen molar-refractivity contribution in [3.05, 3.63) is 63.6 Å². The Hall–Kier alpha value is -2.67. The third-order valence-electron chi connectivity index (χ3n) is 4.18. The number of hydrogen-bond donors (Lipinski definition) is 2. The van der Waals surface area contributed by atoms with Crippen LogP contribution in [0.5, 0.6) is 0 Å². The molecule has 0 spiro atoms. The van der Waals surface area contributed by atoms with Crippen LogP contribution in [0.25, 0.3) is 11.3 Å². The van der Waals surface area contributed by atoms with Crippen LogP contribution in [0.4, 0.5) is 0 Å². The van der Waals surface area contributed by atoms with E-state index in [1.54, 1.807) is 13.0 Å². The lowest BCUT2D eigenvalue weighted by Crippen LogP contribution is -2.32. The Balaban J connectivity index is 1.86. The monoisotopic (exact) mass is 443 g/mol. The van der Waals surface area contributed by atoms with E-state index in [1.807, 2.05) is 45.0 Å². The summed E-state index contributed by atoms with van der Waals surface area (Å²) in [7, 11) is 0. The van der Waals surface area contributed by atoms with Gasteiger partial charge in [0.1, 0.15) is 17.1 Å². The Morgan fingerprint density at radius 3 is 2.54 bits per heavy atom. The Labute approximate surface area is 171 Å². The fraction of sp³-hybridized carbons (Fsp3) is 0.286. The van der Waals surface area contributed by atoms with E-state index in [1.165, 1.54) is 6.20 Å². The highest BCUT2D eigenvalue weighted by molar-refractivity contribution is 9.10. The molecule has 0 aliphatic rings. The Kier molecular flexibility index (Phi) is 5.56. The van der Waals surface area contributed by atoms with Gasteiger partial charge in [-0.2, -0.15) is 0 Å². The molecule has 146 valence electrons. The fourth-order valence-corrected chi connectivity index (χ4v) is 2.95. The Morgan fingerprint density at radius 1 is 1.21 bits per heavy atom. The van der Waals surface area contributed by atoms with Gasteiger partial charge in [0.05, 0.1) is 5.56 Å². The van der Waals surface area contributed by atoms with Crippen molar-refractivity contribution in [3.63, 3.8) is 0 Å². The Bertz CT molecular complexity index is 1010. The molecule has 0 aliphatic carbocycles. The SMILES string of the molecule is Cc1onc(-c2ccc(Br)cc2)c1C(=O)c1c[nH]c(C(=O)NCC(C)(C)C)c1. The van der Waals surface area contributed by atoms with Gasteiger partial charge in [-0.25, -0.2) is 0 Å². The van der Waals surface area contributed by atoms with Gasteiger partial charge in [0.15, 0.2) is 5.78 Å². The van der Waals surface area contributed by atoms with Crippen molar-refractivity contribution < 1.29 is 14.1 Å². The standard InChI is InChI=1S/C21H22BrN3O3/c1-12-17(18(25-28-12)13-5-7-15(22)8-6-13)19(26)14-9-16(23-10-14)20(27)24-11-21(2,3)4/h5-10,23H,11H2,1-4H3,(H,24,27). The second-order valence-corrected chi connectivity index (χ2v) is 8.76. The molecule has 0 aliphatic heterocycles. The quantitative estimate of drug-likeness (QED) is 0.556. The molecule has 3 aromatic rings. The van der Waals surface area contributed by atoms with Crippen LogP contribution in [0.3, 0.4) is 0 Å². The molecule has 2 heterocycles. The van der Waals surface area contributed by atoms with Gasteiger partial charge in [-0.05, 0) is 30.5 Å². The molecule has 1 aromatic carbocycles. The number of aryl methyl sites for hydroxylation is 1. The first-order valence-electron chi connectivity index (χ1n) is 8.89. The summed E-state index contributed by atoms with van der Waals surface area (Å²) >= 11 is 3.40. The van der Waals surface area contributed by atoms with Crippen LogP contribution in [0.2, 0.25) is 0 Å². The molecular formula is C21H22BrN3O3. The fourth-order valence-electron chi connectivity index (χ4n) is 2.69. The highest BCUT2D eigenvalue weighted by Gasteiger charge is 2.24. The number of nitrogens with one attached hydrogen (secondary N) is 2. The Morgan fingerprint density at radius 2 is 1.89 bits per heavy atom. The highest BCUT2D eigenvalue weighted by atomic mass is 79.9. The van der Waals surface area contributed by atoms with E-state index in [0.717, 1.165) is 10.0 Å². The maximum atomic E-state index is 13.1. The summed E-state index contributed by atoms with van der Waals surface area (Å²) in [5.74, 6) is -0.0604. The number of amides is 1. The van der Waals surface area contributed by atoms with E-state index in [4.69, 9.17) is 4.52 Å². The summed E-state index contributed by atoms with van der Waals surface area (Å²) in [6, 6.07) is 9.03. The van der Waals surface area contributed by atoms with Crippen LogP contribution in [0.15, 0.2) is 45.5 Å². The molecule has 6 nitrogen and oxygen atoms in total. The van der Waals surface area contributed by atoms with Crippen molar-refractivity contribution in [3.8, 4) is 11.3 Å². The number of nitrogens with zero attached hydrogens (tertiary/aromatic N) is 1. The number of H-pyrrole nitrogens is 1. The lowest BCUT2D eigenvalue weighted by Gasteiger charge is -2.18. The first-order valence-corrected chi connectivity index (χ1v) is 9.68. The van der Waals surface area contributed by atoms with E-state index >= 15 is 0 Å². The molecule has 28 heavy (non-hydrogen) atoms. The zero-order valence-electron chi connectivity index (χ0n) is 16.2. The van der Waals surface area contributed by atoms with Crippen LogP contribution in [0.1, 0.15) is 52.9 Å². The molecule has 0 saturated heterocycles. The molecule has 3 rings (SSSR count). The van der Waals surface area contributed by atoms with Crippen molar-refractivity contribution in [1.29, 1.82) is 0 Å².